The molecule has 2 aliphatic rings. The highest BCUT2D eigenvalue weighted by Crippen LogP contribution is 2.34. The first-order chi connectivity index (χ1) is 8.06. The number of likely N-dealkylation sites (tertiary alicyclic amines) is 1. The third-order valence-corrected chi connectivity index (χ3v) is 4.25. The Balaban J connectivity index is 2.09. The van der Waals surface area contributed by atoms with Crippen LogP contribution in [0.25, 0.3) is 0 Å². The molecule has 0 aliphatic carbocycles. The number of ether oxygens (including phenoxy) is 1. The summed E-state index contributed by atoms with van der Waals surface area (Å²) in [6.07, 6.45) is 1.21. The van der Waals surface area contributed by atoms with Crippen molar-refractivity contribution in [3.05, 3.63) is 0 Å². The molecule has 98 valence electrons. The summed E-state index contributed by atoms with van der Waals surface area (Å²) in [6.45, 7) is 8.95. The summed E-state index contributed by atoms with van der Waals surface area (Å²) in [4.78, 5) is 16.7. The van der Waals surface area contributed by atoms with Crippen LogP contribution < -0.4 is 0 Å². The summed E-state index contributed by atoms with van der Waals surface area (Å²) < 4.78 is 5.78. The first-order valence-corrected chi connectivity index (χ1v) is 6.68. The Morgan fingerprint density at radius 2 is 2.24 bits per heavy atom. The second-order valence-electron chi connectivity index (χ2n) is 5.43. The maximum Gasteiger partial charge on any atom is 0.229 e. The predicted molar refractivity (Wildman–Crippen MR) is 66.8 cm³/mol. The van der Waals surface area contributed by atoms with Crippen LogP contribution in [0.3, 0.4) is 0 Å². The number of nitrogens with zero attached hydrogens (tertiary/aromatic N) is 2. The van der Waals surface area contributed by atoms with E-state index in [1.807, 2.05) is 11.9 Å². The lowest BCUT2D eigenvalue weighted by atomic mass is 10.00. The molecular formula is C13H24N2O2. The van der Waals surface area contributed by atoms with Crippen molar-refractivity contribution in [2.45, 2.75) is 45.4 Å². The molecule has 17 heavy (non-hydrogen) atoms. The fourth-order valence-electron chi connectivity index (χ4n) is 2.97. The van der Waals surface area contributed by atoms with E-state index < -0.39 is 0 Å². The van der Waals surface area contributed by atoms with E-state index in [0.717, 1.165) is 26.1 Å². The second-order valence-corrected chi connectivity index (χ2v) is 5.43. The fourth-order valence-corrected chi connectivity index (χ4v) is 2.97. The Bertz CT molecular complexity index is 293. The molecule has 3 unspecified atom stereocenters. The molecule has 0 aromatic heterocycles. The molecule has 2 fully saturated rings. The SMILES string of the molecule is CCN1CC(C(=O)N(C)C(C)C)C2OCCC21. The Hall–Kier alpha value is -0.610. The molecule has 2 rings (SSSR count). The van der Waals surface area contributed by atoms with E-state index in [9.17, 15) is 4.79 Å². The van der Waals surface area contributed by atoms with Gasteiger partial charge in [0, 0.05) is 32.3 Å². The summed E-state index contributed by atoms with van der Waals surface area (Å²) in [6, 6.07) is 0.729. The van der Waals surface area contributed by atoms with Gasteiger partial charge in [-0.3, -0.25) is 9.69 Å². The van der Waals surface area contributed by atoms with E-state index in [0.29, 0.717) is 6.04 Å². The highest BCUT2D eigenvalue weighted by atomic mass is 16.5. The molecule has 0 spiro atoms. The third kappa shape index (κ3) is 2.20. The van der Waals surface area contributed by atoms with Crippen LogP contribution in [0.2, 0.25) is 0 Å². The number of rotatable bonds is 3. The van der Waals surface area contributed by atoms with Gasteiger partial charge in [0.2, 0.25) is 5.91 Å². The molecule has 0 bridgehead atoms. The van der Waals surface area contributed by atoms with Crippen molar-refractivity contribution < 1.29 is 9.53 Å². The van der Waals surface area contributed by atoms with Crippen LogP contribution in [0.1, 0.15) is 27.2 Å². The molecule has 2 aliphatic heterocycles. The minimum absolute atomic E-state index is 0.0369. The summed E-state index contributed by atoms with van der Waals surface area (Å²) in [5.41, 5.74) is 0. The second kappa shape index (κ2) is 4.94. The van der Waals surface area contributed by atoms with E-state index in [1.165, 1.54) is 0 Å². The molecule has 4 heteroatoms. The normalized spacial score (nSPS) is 33.1. The molecular weight excluding hydrogens is 216 g/mol. The zero-order chi connectivity index (χ0) is 12.6. The Kier molecular flexibility index (Phi) is 3.73. The predicted octanol–water partition coefficient (Wildman–Crippen LogP) is 0.962. The molecule has 0 N–H and O–H groups in total. The number of likely N-dealkylation sites (N-methyl/N-ethyl adjacent to an activating group) is 1. The van der Waals surface area contributed by atoms with Crippen LogP contribution in [0, 0.1) is 5.92 Å². The number of hydrogen-bond acceptors (Lipinski definition) is 3. The first-order valence-electron chi connectivity index (χ1n) is 6.68. The van der Waals surface area contributed by atoms with Crippen LogP contribution in [0.4, 0.5) is 0 Å². The summed E-state index contributed by atoms with van der Waals surface area (Å²) in [5, 5.41) is 0. The largest absolute Gasteiger partial charge is 0.376 e. The van der Waals surface area contributed by atoms with E-state index in [4.69, 9.17) is 4.74 Å². The lowest BCUT2D eigenvalue weighted by molar-refractivity contribution is -0.138. The lowest BCUT2D eigenvalue weighted by Crippen LogP contribution is -2.42. The van der Waals surface area contributed by atoms with Gasteiger partial charge in [-0.1, -0.05) is 6.92 Å². The standard InChI is InChI=1S/C13H24N2O2/c1-5-15-8-10(12-11(15)6-7-17-12)13(16)14(4)9(2)3/h9-12H,5-8H2,1-4H3. The van der Waals surface area contributed by atoms with Gasteiger partial charge in [0.1, 0.15) is 0 Å². The average Bonchev–Trinajstić information content (AvgIpc) is 2.87. The van der Waals surface area contributed by atoms with Crippen molar-refractivity contribution in [2.24, 2.45) is 5.92 Å². The molecule has 1 amide bonds. The number of hydrogen-bond donors (Lipinski definition) is 0. The first kappa shape index (κ1) is 12.8. The summed E-state index contributed by atoms with van der Waals surface area (Å²) in [7, 11) is 1.89. The zero-order valence-electron chi connectivity index (χ0n) is 11.3. The number of carbonyl (C=O) groups is 1. The third-order valence-electron chi connectivity index (χ3n) is 4.25. The van der Waals surface area contributed by atoms with Crippen molar-refractivity contribution in [3.8, 4) is 0 Å². The Morgan fingerprint density at radius 1 is 1.53 bits per heavy atom. The van der Waals surface area contributed by atoms with Crippen LogP contribution in [0.15, 0.2) is 0 Å². The van der Waals surface area contributed by atoms with Crippen LogP contribution in [-0.2, 0) is 9.53 Å². The molecule has 4 nitrogen and oxygen atoms in total. The molecule has 3 atom stereocenters. The average molecular weight is 240 g/mol. The van der Waals surface area contributed by atoms with Crippen molar-refractivity contribution in [1.82, 2.24) is 9.80 Å². The quantitative estimate of drug-likeness (QED) is 0.736. The van der Waals surface area contributed by atoms with Crippen molar-refractivity contribution in [2.75, 3.05) is 26.7 Å². The molecule has 0 saturated carbocycles. The van der Waals surface area contributed by atoms with Gasteiger partial charge in [0.15, 0.2) is 0 Å². The van der Waals surface area contributed by atoms with Gasteiger partial charge in [0.05, 0.1) is 12.0 Å². The molecule has 0 aromatic rings. The topological polar surface area (TPSA) is 32.8 Å². The summed E-state index contributed by atoms with van der Waals surface area (Å²) in [5.74, 6) is 0.280. The van der Waals surface area contributed by atoms with Crippen LogP contribution >= 0.6 is 0 Å². The molecule has 2 heterocycles. The fraction of sp³-hybridized carbons (Fsp3) is 0.923. The minimum atomic E-state index is 0.0369. The van der Waals surface area contributed by atoms with E-state index in [2.05, 4.69) is 25.7 Å². The number of amides is 1. The Morgan fingerprint density at radius 3 is 2.82 bits per heavy atom. The Labute approximate surface area is 104 Å². The number of fused-ring (bicyclic) bond motifs is 1. The van der Waals surface area contributed by atoms with Gasteiger partial charge < -0.3 is 9.64 Å². The van der Waals surface area contributed by atoms with Gasteiger partial charge in [-0.2, -0.15) is 0 Å². The maximum atomic E-state index is 12.4. The zero-order valence-corrected chi connectivity index (χ0v) is 11.3. The van der Waals surface area contributed by atoms with Crippen molar-refractivity contribution >= 4 is 5.91 Å². The summed E-state index contributed by atoms with van der Waals surface area (Å²) >= 11 is 0. The smallest absolute Gasteiger partial charge is 0.229 e. The van der Waals surface area contributed by atoms with E-state index in [1.54, 1.807) is 0 Å². The van der Waals surface area contributed by atoms with Gasteiger partial charge in [-0.15, -0.1) is 0 Å². The van der Waals surface area contributed by atoms with Crippen LogP contribution in [0.5, 0.6) is 0 Å². The molecule has 0 radical (unpaired) electrons. The van der Waals surface area contributed by atoms with Gasteiger partial charge in [-0.25, -0.2) is 0 Å². The van der Waals surface area contributed by atoms with Gasteiger partial charge >= 0.3 is 0 Å². The lowest BCUT2D eigenvalue weighted by Gasteiger charge is -2.26. The van der Waals surface area contributed by atoms with Gasteiger partial charge in [-0.05, 0) is 26.8 Å². The molecule has 0 aromatic carbocycles. The van der Waals surface area contributed by atoms with Crippen LogP contribution in [-0.4, -0.2) is 60.6 Å². The van der Waals surface area contributed by atoms with E-state index >= 15 is 0 Å². The minimum Gasteiger partial charge on any atom is -0.376 e. The maximum absolute atomic E-state index is 12.4. The monoisotopic (exact) mass is 240 g/mol. The van der Waals surface area contributed by atoms with Crippen molar-refractivity contribution in [1.29, 1.82) is 0 Å². The molecule has 2 saturated heterocycles. The van der Waals surface area contributed by atoms with Gasteiger partial charge in [0.25, 0.3) is 0 Å². The number of carbonyl (C=O) groups excluding carboxylic acids is 1. The highest BCUT2D eigenvalue weighted by Gasteiger charge is 2.48. The van der Waals surface area contributed by atoms with Crippen molar-refractivity contribution in [3.63, 3.8) is 0 Å². The van der Waals surface area contributed by atoms with E-state index in [-0.39, 0.29) is 24.0 Å². The highest BCUT2D eigenvalue weighted by molar-refractivity contribution is 5.80.